The van der Waals surface area contributed by atoms with Gasteiger partial charge in [0.15, 0.2) is 0 Å². The van der Waals surface area contributed by atoms with Crippen LogP contribution in [0.25, 0.3) is 10.4 Å². The average Bonchev–Trinajstić information content (AvgIpc) is 3.00. The van der Waals surface area contributed by atoms with E-state index in [0.717, 1.165) is 10.4 Å². The second-order valence-electron chi connectivity index (χ2n) is 3.84. The first-order valence-electron chi connectivity index (χ1n) is 5.46. The third-order valence-corrected chi connectivity index (χ3v) is 3.64. The molecule has 1 aliphatic heterocycles. The number of hydrogen-bond acceptors (Lipinski definition) is 3. The highest BCUT2D eigenvalue weighted by molar-refractivity contribution is 7.13. The second kappa shape index (κ2) is 4.23. The van der Waals surface area contributed by atoms with Crippen molar-refractivity contribution in [1.29, 1.82) is 0 Å². The van der Waals surface area contributed by atoms with Crippen LogP contribution in [0.4, 0.5) is 5.69 Å². The van der Waals surface area contributed by atoms with Gasteiger partial charge in [-0.2, -0.15) is 0 Å². The van der Waals surface area contributed by atoms with Crippen LogP contribution in [0, 0.1) is 0 Å². The zero-order valence-electron chi connectivity index (χ0n) is 9.37. The van der Waals surface area contributed by atoms with Crippen LogP contribution in [-0.2, 0) is 9.59 Å². The lowest BCUT2D eigenvalue weighted by Crippen LogP contribution is -2.29. The molecule has 0 saturated heterocycles. The molecule has 0 radical (unpaired) electrons. The predicted octanol–water partition coefficient (Wildman–Crippen LogP) is 2.84. The summed E-state index contributed by atoms with van der Waals surface area (Å²) in [6, 6.07) is 11.4. The zero-order valence-corrected chi connectivity index (χ0v) is 10.2. The van der Waals surface area contributed by atoms with Crippen LogP contribution in [0.15, 0.2) is 53.9 Å². The van der Waals surface area contributed by atoms with Crippen LogP contribution in [0.1, 0.15) is 0 Å². The van der Waals surface area contributed by atoms with Crippen LogP contribution in [-0.4, -0.2) is 11.8 Å². The van der Waals surface area contributed by atoms with Crippen molar-refractivity contribution in [1.82, 2.24) is 0 Å². The third-order valence-electron chi connectivity index (χ3n) is 2.74. The molecule has 3 rings (SSSR count). The summed E-state index contributed by atoms with van der Waals surface area (Å²) in [7, 11) is 0. The molecule has 1 aromatic carbocycles. The van der Waals surface area contributed by atoms with Gasteiger partial charge in [-0.25, -0.2) is 4.90 Å². The van der Waals surface area contributed by atoms with E-state index in [0.29, 0.717) is 5.69 Å². The van der Waals surface area contributed by atoms with Crippen molar-refractivity contribution in [3.63, 3.8) is 0 Å². The summed E-state index contributed by atoms with van der Waals surface area (Å²) in [4.78, 5) is 25.7. The molecule has 0 spiro atoms. The van der Waals surface area contributed by atoms with Crippen molar-refractivity contribution in [2.24, 2.45) is 0 Å². The Morgan fingerprint density at radius 2 is 1.61 bits per heavy atom. The minimum absolute atomic E-state index is 0.288. The van der Waals surface area contributed by atoms with E-state index in [4.69, 9.17) is 0 Å². The Labute approximate surface area is 108 Å². The molecule has 3 nitrogen and oxygen atoms in total. The Kier molecular flexibility index (Phi) is 2.57. The summed E-state index contributed by atoms with van der Waals surface area (Å²) in [5, 5.41) is 1.97. The summed E-state index contributed by atoms with van der Waals surface area (Å²) in [6.07, 6.45) is 2.60. The molecule has 0 fully saturated rings. The minimum atomic E-state index is -0.288. The first-order chi connectivity index (χ1) is 8.77. The highest BCUT2D eigenvalue weighted by Gasteiger charge is 2.27. The number of carbonyl (C=O) groups excluding carboxylic acids is 2. The molecular formula is C14H9NO2S. The molecule has 0 bridgehead atoms. The topological polar surface area (TPSA) is 37.4 Å². The Bertz CT molecular complexity index is 626. The normalized spacial score (nSPS) is 14.6. The second-order valence-corrected chi connectivity index (χ2v) is 4.79. The number of imide groups is 1. The highest BCUT2D eigenvalue weighted by Crippen LogP contribution is 2.34. The van der Waals surface area contributed by atoms with Crippen LogP contribution in [0.5, 0.6) is 0 Å². The molecule has 1 aromatic heterocycles. The molecule has 18 heavy (non-hydrogen) atoms. The SMILES string of the molecule is O=C1C=CC(=O)N1c1ccccc1-c1cccs1. The van der Waals surface area contributed by atoms with E-state index in [1.165, 1.54) is 17.1 Å². The first-order valence-corrected chi connectivity index (χ1v) is 6.34. The van der Waals surface area contributed by atoms with Crippen LogP contribution < -0.4 is 4.90 Å². The van der Waals surface area contributed by atoms with Crippen LogP contribution in [0.2, 0.25) is 0 Å². The third kappa shape index (κ3) is 1.67. The molecule has 0 saturated carbocycles. The molecule has 1 aliphatic rings. The molecule has 0 atom stereocenters. The lowest BCUT2D eigenvalue weighted by atomic mass is 10.1. The van der Waals surface area contributed by atoms with Gasteiger partial charge in [-0.15, -0.1) is 11.3 Å². The molecule has 2 heterocycles. The van der Waals surface area contributed by atoms with Gasteiger partial charge in [0, 0.05) is 22.6 Å². The van der Waals surface area contributed by atoms with Crippen molar-refractivity contribution in [2.45, 2.75) is 0 Å². The highest BCUT2D eigenvalue weighted by atomic mass is 32.1. The lowest BCUT2D eigenvalue weighted by Gasteiger charge is -2.17. The molecule has 0 N–H and O–H groups in total. The summed E-state index contributed by atoms with van der Waals surface area (Å²) in [6.45, 7) is 0. The van der Waals surface area contributed by atoms with Gasteiger partial charge in [-0.3, -0.25) is 9.59 Å². The number of anilines is 1. The molecule has 0 unspecified atom stereocenters. The summed E-state index contributed by atoms with van der Waals surface area (Å²) in [5.74, 6) is -0.576. The van der Waals surface area contributed by atoms with Gasteiger partial charge in [0.25, 0.3) is 11.8 Å². The van der Waals surface area contributed by atoms with E-state index >= 15 is 0 Å². The van der Waals surface area contributed by atoms with Crippen molar-refractivity contribution in [2.75, 3.05) is 4.90 Å². The standard InChI is InChI=1S/C14H9NO2S/c16-13-7-8-14(17)15(13)11-5-2-1-4-10(11)12-6-3-9-18-12/h1-9H. The first kappa shape index (κ1) is 10.9. The number of rotatable bonds is 2. The fourth-order valence-electron chi connectivity index (χ4n) is 1.95. The molecular weight excluding hydrogens is 246 g/mol. The monoisotopic (exact) mass is 255 g/mol. The summed E-state index contributed by atoms with van der Waals surface area (Å²) >= 11 is 1.58. The van der Waals surface area contributed by atoms with Gasteiger partial charge in [0.1, 0.15) is 0 Å². The van der Waals surface area contributed by atoms with Crippen LogP contribution in [0.3, 0.4) is 0 Å². The van der Waals surface area contributed by atoms with Gasteiger partial charge >= 0.3 is 0 Å². The number of thiophene rings is 1. The maximum atomic E-state index is 11.7. The number of benzene rings is 1. The largest absolute Gasteiger partial charge is 0.269 e. The fourth-order valence-corrected chi connectivity index (χ4v) is 2.71. The maximum Gasteiger partial charge on any atom is 0.258 e. The van der Waals surface area contributed by atoms with Crippen molar-refractivity contribution >= 4 is 28.8 Å². The molecule has 2 aromatic rings. The molecule has 4 heteroatoms. The average molecular weight is 255 g/mol. The fraction of sp³-hybridized carbons (Fsp3) is 0. The van der Waals surface area contributed by atoms with Gasteiger partial charge in [0.2, 0.25) is 0 Å². The van der Waals surface area contributed by atoms with Gasteiger partial charge in [-0.05, 0) is 17.5 Å². The van der Waals surface area contributed by atoms with Crippen molar-refractivity contribution in [3.05, 3.63) is 53.9 Å². The van der Waals surface area contributed by atoms with Gasteiger partial charge < -0.3 is 0 Å². The van der Waals surface area contributed by atoms with E-state index in [-0.39, 0.29) is 11.8 Å². The molecule has 0 aliphatic carbocycles. The Morgan fingerprint density at radius 1 is 0.889 bits per heavy atom. The summed E-state index contributed by atoms with van der Waals surface area (Å²) in [5.41, 5.74) is 1.54. The van der Waals surface area contributed by atoms with Crippen LogP contribution >= 0.6 is 11.3 Å². The Hall–Kier alpha value is -2.20. The number of para-hydroxylation sites is 1. The zero-order chi connectivity index (χ0) is 12.5. The van der Waals surface area contributed by atoms with E-state index in [2.05, 4.69) is 0 Å². The number of nitrogens with zero attached hydrogens (tertiary/aromatic N) is 1. The van der Waals surface area contributed by atoms with E-state index < -0.39 is 0 Å². The quantitative estimate of drug-likeness (QED) is 0.774. The van der Waals surface area contributed by atoms with E-state index in [1.807, 2.05) is 35.7 Å². The number of carbonyl (C=O) groups is 2. The number of hydrogen-bond donors (Lipinski definition) is 0. The van der Waals surface area contributed by atoms with E-state index in [9.17, 15) is 9.59 Å². The smallest absolute Gasteiger partial charge is 0.258 e. The maximum absolute atomic E-state index is 11.7. The Balaban J connectivity index is 2.13. The molecule has 2 amide bonds. The Morgan fingerprint density at radius 3 is 2.28 bits per heavy atom. The van der Waals surface area contributed by atoms with Gasteiger partial charge in [0.05, 0.1) is 5.69 Å². The lowest BCUT2D eigenvalue weighted by molar-refractivity contribution is -0.119. The number of amides is 2. The van der Waals surface area contributed by atoms with E-state index in [1.54, 1.807) is 17.4 Å². The van der Waals surface area contributed by atoms with Crippen molar-refractivity contribution < 1.29 is 9.59 Å². The molecule has 88 valence electrons. The summed E-state index contributed by atoms with van der Waals surface area (Å²) < 4.78 is 0. The minimum Gasteiger partial charge on any atom is -0.269 e. The van der Waals surface area contributed by atoms with Crippen molar-refractivity contribution in [3.8, 4) is 10.4 Å². The van der Waals surface area contributed by atoms with Gasteiger partial charge in [-0.1, -0.05) is 24.3 Å². The predicted molar refractivity (Wildman–Crippen MR) is 71.4 cm³/mol.